The normalized spacial score (nSPS) is 10.6. The van der Waals surface area contributed by atoms with Crippen LogP contribution < -0.4 is 5.56 Å². The number of aromatic nitrogens is 2. The number of thiophene rings is 1. The number of carbonyl (C=O) groups is 1. The third-order valence-corrected chi connectivity index (χ3v) is 4.06. The van der Waals surface area contributed by atoms with Gasteiger partial charge in [-0.2, -0.15) is 0 Å². The second-order valence-electron chi connectivity index (χ2n) is 4.02. The lowest BCUT2D eigenvalue weighted by atomic mass is 10.2. The number of hydrogen-bond acceptors (Lipinski definition) is 4. The Hall–Kier alpha value is -2.13. The first-order valence-electron chi connectivity index (χ1n) is 5.70. The molecule has 0 aromatic carbocycles. The molecular formula is C13H12N2O3S. The highest BCUT2D eigenvalue weighted by atomic mass is 32.1. The molecule has 0 unspecified atom stereocenters. The van der Waals surface area contributed by atoms with Crippen molar-refractivity contribution in [2.75, 3.05) is 0 Å². The van der Waals surface area contributed by atoms with Gasteiger partial charge >= 0.3 is 5.97 Å². The van der Waals surface area contributed by atoms with Gasteiger partial charge in [0.05, 0.1) is 11.9 Å². The van der Waals surface area contributed by atoms with E-state index >= 15 is 0 Å². The third-order valence-electron chi connectivity index (χ3n) is 2.89. The zero-order chi connectivity index (χ0) is 14.2. The summed E-state index contributed by atoms with van der Waals surface area (Å²) in [6.45, 7) is 3.64. The number of nitrogens with zero attached hydrogens (tertiary/aromatic N) is 2. The van der Waals surface area contributed by atoms with E-state index in [-0.39, 0.29) is 17.0 Å². The Labute approximate surface area is 113 Å². The largest absolute Gasteiger partial charge is 0.477 e. The Balaban J connectivity index is 2.90. The first kappa shape index (κ1) is 13.3. The molecule has 2 aromatic heterocycles. The number of carboxylic acids is 1. The van der Waals surface area contributed by atoms with Gasteiger partial charge in [-0.15, -0.1) is 17.8 Å². The summed E-state index contributed by atoms with van der Waals surface area (Å²) in [7, 11) is 0. The van der Waals surface area contributed by atoms with Gasteiger partial charge in [0, 0.05) is 6.42 Å². The summed E-state index contributed by atoms with van der Waals surface area (Å²) in [5.41, 5.74) is 0.194. The molecule has 0 bridgehead atoms. The molecule has 98 valence electrons. The number of carboxylic acid groups (broad SMARTS) is 1. The minimum atomic E-state index is -1.04. The number of fused-ring (bicyclic) bond motifs is 1. The fraction of sp³-hybridized carbons (Fsp3) is 0.308. The SMILES string of the molecule is C#CCn1c(CC)nc2sc(C(=O)O)c(C)c2c1=O. The van der Waals surface area contributed by atoms with Gasteiger partial charge in [-0.3, -0.25) is 9.36 Å². The molecule has 0 radical (unpaired) electrons. The summed E-state index contributed by atoms with van der Waals surface area (Å²) < 4.78 is 1.42. The maximum Gasteiger partial charge on any atom is 0.346 e. The van der Waals surface area contributed by atoms with Crippen molar-refractivity contribution in [3.8, 4) is 12.3 Å². The van der Waals surface area contributed by atoms with Crippen molar-refractivity contribution in [2.45, 2.75) is 26.8 Å². The van der Waals surface area contributed by atoms with E-state index in [0.717, 1.165) is 11.3 Å². The summed E-state index contributed by atoms with van der Waals surface area (Å²) in [4.78, 5) is 28.5. The molecule has 0 amide bonds. The zero-order valence-corrected chi connectivity index (χ0v) is 11.4. The van der Waals surface area contributed by atoms with Gasteiger partial charge in [-0.05, 0) is 12.5 Å². The summed E-state index contributed by atoms with van der Waals surface area (Å²) in [5.74, 6) is 1.96. The quantitative estimate of drug-likeness (QED) is 0.865. The fourth-order valence-electron chi connectivity index (χ4n) is 1.99. The minimum absolute atomic E-state index is 0.142. The van der Waals surface area contributed by atoms with Crippen molar-refractivity contribution in [3.63, 3.8) is 0 Å². The average Bonchev–Trinajstić information content (AvgIpc) is 2.70. The number of rotatable bonds is 3. The molecular weight excluding hydrogens is 264 g/mol. The zero-order valence-electron chi connectivity index (χ0n) is 10.6. The Morgan fingerprint density at radius 2 is 2.26 bits per heavy atom. The van der Waals surface area contributed by atoms with Gasteiger partial charge in [0.25, 0.3) is 5.56 Å². The van der Waals surface area contributed by atoms with E-state index in [9.17, 15) is 9.59 Å². The van der Waals surface area contributed by atoms with Crippen molar-refractivity contribution < 1.29 is 9.90 Å². The molecule has 0 aliphatic carbocycles. The van der Waals surface area contributed by atoms with Crippen LogP contribution >= 0.6 is 11.3 Å². The number of aryl methyl sites for hydroxylation is 2. The van der Waals surface area contributed by atoms with Crippen LogP contribution in [0.2, 0.25) is 0 Å². The topological polar surface area (TPSA) is 72.2 Å². The molecule has 0 saturated carbocycles. The standard InChI is InChI=1S/C13H12N2O3S/c1-4-6-15-8(5-2)14-11-9(12(15)16)7(3)10(19-11)13(17)18/h1H,5-6H2,2-3H3,(H,17,18). The second kappa shape index (κ2) is 4.86. The molecule has 19 heavy (non-hydrogen) atoms. The van der Waals surface area contributed by atoms with Crippen LogP contribution in [0.3, 0.4) is 0 Å². The van der Waals surface area contributed by atoms with Crippen LogP contribution in [0.5, 0.6) is 0 Å². The Morgan fingerprint density at radius 1 is 1.58 bits per heavy atom. The first-order valence-corrected chi connectivity index (χ1v) is 6.52. The molecule has 5 nitrogen and oxygen atoms in total. The lowest BCUT2D eigenvalue weighted by molar-refractivity contribution is 0.0701. The Kier molecular flexibility index (Phi) is 3.40. The van der Waals surface area contributed by atoms with Gasteiger partial charge in [0.1, 0.15) is 15.5 Å². The highest BCUT2D eigenvalue weighted by Crippen LogP contribution is 2.27. The number of hydrogen-bond donors (Lipinski definition) is 1. The highest BCUT2D eigenvalue weighted by molar-refractivity contribution is 7.20. The van der Waals surface area contributed by atoms with Crippen molar-refractivity contribution >= 4 is 27.5 Å². The summed E-state index contributed by atoms with van der Waals surface area (Å²) >= 11 is 1.03. The van der Waals surface area contributed by atoms with Crippen LogP contribution in [0.1, 0.15) is 28.0 Å². The van der Waals surface area contributed by atoms with Gasteiger partial charge in [-0.1, -0.05) is 12.8 Å². The molecule has 0 saturated heterocycles. The van der Waals surface area contributed by atoms with Gasteiger partial charge in [-0.25, -0.2) is 9.78 Å². The van der Waals surface area contributed by atoms with E-state index in [0.29, 0.717) is 28.0 Å². The van der Waals surface area contributed by atoms with Gasteiger partial charge < -0.3 is 5.11 Å². The molecule has 0 spiro atoms. The minimum Gasteiger partial charge on any atom is -0.477 e. The van der Waals surface area contributed by atoms with E-state index in [1.807, 2.05) is 6.92 Å². The van der Waals surface area contributed by atoms with E-state index < -0.39 is 5.97 Å². The second-order valence-corrected chi connectivity index (χ2v) is 5.02. The van der Waals surface area contributed by atoms with Gasteiger partial charge in [0.15, 0.2) is 0 Å². The molecule has 2 rings (SSSR count). The van der Waals surface area contributed by atoms with E-state index in [1.54, 1.807) is 6.92 Å². The molecule has 0 aliphatic rings. The van der Waals surface area contributed by atoms with Crippen molar-refractivity contribution in [3.05, 3.63) is 26.6 Å². The number of aromatic carboxylic acids is 1. The Morgan fingerprint density at radius 3 is 2.79 bits per heavy atom. The summed E-state index contributed by atoms with van der Waals surface area (Å²) in [5, 5.41) is 9.45. The predicted octanol–water partition coefficient (Wildman–Crippen LogP) is 1.66. The van der Waals surface area contributed by atoms with Crippen LogP contribution in [0.15, 0.2) is 4.79 Å². The van der Waals surface area contributed by atoms with Crippen molar-refractivity contribution in [2.24, 2.45) is 0 Å². The molecule has 2 heterocycles. The number of terminal acetylenes is 1. The van der Waals surface area contributed by atoms with Gasteiger partial charge in [0.2, 0.25) is 0 Å². The van der Waals surface area contributed by atoms with E-state index in [1.165, 1.54) is 4.57 Å². The smallest absolute Gasteiger partial charge is 0.346 e. The van der Waals surface area contributed by atoms with Crippen LogP contribution in [0.25, 0.3) is 10.2 Å². The summed E-state index contributed by atoms with van der Waals surface area (Å²) in [6, 6.07) is 0. The van der Waals surface area contributed by atoms with Crippen LogP contribution in [0.4, 0.5) is 0 Å². The molecule has 2 aromatic rings. The monoisotopic (exact) mass is 276 g/mol. The van der Waals surface area contributed by atoms with Crippen LogP contribution in [0, 0.1) is 19.3 Å². The highest BCUT2D eigenvalue weighted by Gasteiger charge is 2.20. The Bertz CT molecular complexity index is 765. The fourth-order valence-corrected chi connectivity index (χ4v) is 3.02. The average molecular weight is 276 g/mol. The van der Waals surface area contributed by atoms with Crippen LogP contribution in [-0.4, -0.2) is 20.6 Å². The molecule has 1 N–H and O–H groups in total. The molecule has 0 atom stereocenters. The summed E-state index contributed by atoms with van der Waals surface area (Å²) in [6.07, 6.45) is 5.82. The van der Waals surface area contributed by atoms with Crippen molar-refractivity contribution in [1.82, 2.24) is 9.55 Å². The maximum atomic E-state index is 12.4. The first-order chi connectivity index (χ1) is 9.01. The molecule has 6 heteroatoms. The van der Waals surface area contributed by atoms with Crippen LogP contribution in [-0.2, 0) is 13.0 Å². The van der Waals surface area contributed by atoms with Crippen molar-refractivity contribution in [1.29, 1.82) is 0 Å². The lowest BCUT2D eigenvalue weighted by Gasteiger charge is -2.07. The van der Waals surface area contributed by atoms with E-state index in [4.69, 9.17) is 11.5 Å². The lowest BCUT2D eigenvalue weighted by Crippen LogP contribution is -2.24. The predicted molar refractivity (Wildman–Crippen MR) is 73.8 cm³/mol. The molecule has 0 fully saturated rings. The maximum absolute atomic E-state index is 12.4. The molecule has 0 aliphatic heterocycles. The third kappa shape index (κ3) is 2.02. The van der Waals surface area contributed by atoms with E-state index in [2.05, 4.69) is 10.9 Å².